The predicted octanol–water partition coefficient (Wildman–Crippen LogP) is -0.0425. The standard InChI is InChI=1S/C7H12BNO/c1-3-6-5(2)4-7(10)9(6)8/h3,5-6H,1,4,8H2,2H3. The summed E-state index contributed by atoms with van der Waals surface area (Å²) in [5.41, 5.74) is 0. The Hall–Kier alpha value is -0.725. The molecule has 0 aliphatic carbocycles. The maximum absolute atomic E-state index is 11.0. The Morgan fingerprint density at radius 2 is 2.50 bits per heavy atom. The van der Waals surface area contributed by atoms with Crippen molar-refractivity contribution >= 4 is 13.9 Å². The van der Waals surface area contributed by atoms with E-state index in [4.69, 9.17) is 0 Å². The van der Waals surface area contributed by atoms with Crippen molar-refractivity contribution in [1.82, 2.24) is 4.81 Å². The van der Waals surface area contributed by atoms with E-state index in [0.29, 0.717) is 12.3 Å². The highest BCUT2D eigenvalue weighted by Gasteiger charge is 2.31. The van der Waals surface area contributed by atoms with Crippen LogP contribution in [0, 0.1) is 5.92 Å². The van der Waals surface area contributed by atoms with Crippen molar-refractivity contribution < 1.29 is 4.79 Å². The van der Waals surface area contributed by atoms with E-state index < -0.39 is 0 Å². The first-order valence-electron chi connectivity index (χ1n) is 3.55. The average molecular weight is 137 g/mol. The number of nitrogens with zero attached hydrogens (tertiary/aromatic N) is 1. The lowest BCUT2D eigenvalue weighted by Gasteiger charge is -2.18. The maximum atomic E-state index is 11.0. The van der Waals surface area contributed by atoms with Gasteiger partial charge in [0.2, 0.25) is 13.9 Å². The molecule has 0 bridgehead atoms. The molecule has 1 heterocycles. The fourth-order valence-electron chi connectivity index (χ4n) is 1.48. The fourth-order valence-corrected chi connectivity index (χ4v) is 1.48. The van der Waals surface area contributed by atoms with Gasteiger partial charge in [0, 0.05) is 12.5 Å². The van der Waals surface area contributed by atoms with Gasteiger partial charge in [0.15, 0.2) is 0 Å². The highest BCUT2D eigenvalue weighted by Crippen LogP contribution is 2.23. The Bertz CT molecular complexity index is 169. The number of rotatable bonds is 1. The number of hydrogen-bond donors (Lipinski definition) is 0. The van der Waals surface area contributed by atoms with E-state index in [1.165, 1.54) is 0 Å². The first-order chi connectivity index (χ1) is 4.66. The molecule has 0 saturated carbocycles. The predicted molar refractivity (Wildman–Crippen MR) is 43.2 cm³/mol. The number of carbonyl (C=O) groups is 1. The summed E-state index contributed by atoms with van der Waals surface area (Å²) >= 11 is 0. The van der Waals surface area contributed by atoms with Crippen LogP contribution in [0.3, 0.4) is 0 Å². The lowest BCUT2D eigenvalue weighted by Crippen LogP contribution is -2.30. The molecule has 1 amide bonds. The molecule has 1 aliphatic heterocycles. The van der Waals surface area contributed by atoms with Crippen LogP contribution in [0.5, 0.6) is 0 Å². The summed E-state index contributed by atoms with van der Waals surface area (Å²) < 4.78 is 0. The van der Waals surface area contributed by atoms with Crippen molar-refractivity contribution in [2.45, 2.75) is 19.4 Å². The van der Waals surface area contributed by atoms with Gasteiger partial charge in [-0.25, -0.2) is 0 Å². The highest BCUT2D eigenvalue weighted by atomic mass is 16.2. The minimum atomic E-state index is 0.234. The van der Waals surface area contributed by atoms with Crippen molar-refractivity contribution in [3.05, 3.63) is 12.7 Å². The second kappa shape index (κ2) is 2.49. The zero-order valence-electron chi connectivity index (χ0n) is 6.50. The van der Waals surface area contributed by atoms with Gasteiger partial charge >= 0.3 is 0 Å². The first-order valence-corrected chi connectivity index (χ1v) is 3.55. The van der Waals surface area contributed by atoms with Gasteiger partial charge in [-0.1, -0.05) is 13.0 Å². The maximum Gasteiger partial charge on any atom is 0.221 e. The van der Waals surface area contributed by atoms with Gasteiger partial charge < -0.3 is 4.81 Å². The summed E-state index contributed by atoms with van der Waals surface area (Å²) in [6.45, 7) is 5.76. The molecule has 3 heteroatoms. The van der Waals surface area contributed by atoms with Gasteiger partial charge in [-0.15, -0.1) is 6.58 Å². The third-order valence-corrected chi connectivity index (χ3v) is 2.16. The summed E-state index contributed by atoms with van der Waals surface area (Å²) in [5.74, 6) is 0.674. The molecule has 0 spiro atoms. The van der Waals surface area contributed by atoms with Crippen molar-refractivity contribution in [3.63, 3.8) is 0 Å². The van der Waals surface area contributed by atoms with Crippen molar-refractivity contribution in [2.24, 2.45) is 5.92 Å². The normalized spacial score (nSPS) is 32.9. The summed E-state index contributed by atoms with van der Waals surface area (Å²) in [6, 6.07) is 0.257. The number of hydrogen-bond acceptors (Lipinski definition) is 1. The molecule has 0 aromatic heterocycles. The van der Waals surface area contributed by atoms with E-state index in [1.54, 1.807) is 4.81 Å². The lowest BCUT2D eigenvalue weighted by atomic mass is 10.0. The average Bonchev–Trinajstić information content (AvgIpc) is 2.09. The molecule has 2 nitrogen and oxygen atoms in total. The Kier molecular flexibility index (Phi) is 1.83. The molecule has 2 atom stereocenters. The second-order valence-electron chi connectivity index (χ2n) is 2.91. The molecular formula is C7H12BNO. The lowest BCUT2D eigenvalue weighted by molar-refractivity contribution is -0.124. The van der Waals surface area contributed by atoms with Crippen LogP contribution in [0.1, 0.15) is 13.3 Å². The quantitative estimate of drug-likeness (QED) is 0.366. The second-order valence-corrected chi connectivity index (χ2v) is 2.91. The summed E-state index contributed by atoms with van der Waals surface area (Å²) in [5, 5.41) is 0. The molecule has 1 aliphatic rings. The molecule has 0 radical (unpaired) electrons. The van der Waals surface area contributed by atoms with Gasteiger partial charge in [0.25, 0.3) is 0 Å². The largest absolute Gasteiger partial charge is 0.387 e. The Labute approximate surface area is 62.3 Å². The highest BCUT2D eigenvalue weighted by molar-refractivity contribution is 6.15. The van der Waals surface area contributed by atoms with Gasteiger partial charge in [0.1, 0.15) is 0 Å². The fraction of sp³-hybridized carbons (Fsp3) is 0.571. The van der Waals surface area contributed by atoms with E-state index in [-0.39, 0.29) is 11.9 Å². The third-order valence-electron chi connectivity index (χ3n) is 2.16. The van der Waals surface area contributed by atoms with Crippen LogP contribution in [-0.4, -0.2) is 24.7 Å². The van der Waals surface area contributed by atoms with Gasteiger partial charge in [-0.3, -0.25) is 4.79 Å². The van der Waals surface area contributed by atoms with Crippen molar-refractivity contribution in [1.29, 1.82) is 0 Å². The van der Waals surface area contributed by atoms with Crippen molar-refractivity contribution in [2.75, 3.05) is 0 Å². The molecule has 54 valence electrons. The van der Waals surface area contributed by atoms with Crippen LogP contribution in [0.15, 0.2) is 12.7 Å². The number of amides is 1. The van der Waals surface area contributed by atoms with Crippen LogP contribution in [0.4, 0.5) is 0 Å². The van der Waals surface area contributed by atoms with Crippen molar-refractivity contribution in [3.8, 4) is 0 Å². The Balaban J connectivity index is 2.73. The topological polar surface area (TPSA) is 20.3 Å². The van der Waals surface area contributed by atoms with Crippen LogP contribution in [0.2, 0.25) is 0 Å². The van der Waals surface area contributed by atoms with Crippen LogP contribution >= 0.6 is 0 Å². The molecule has 1 rings (SSSR count). The summed E-state index contributed by atoms with van der Waals surface area (Å²) in [7, 11) is 1.83. The molecule has 10 heavy (non-hydrogen) atoms. The molecule has 0 aromatic carbocycles. The minimum Gasteiger partial charge on any atom is -0.387 e. The Morgan fingerprint density at radius 3 is 2.70 bits per heavy atom. The van der Waals surface area contributed by atoms with E-state index in [0.717, 1.165) is 0 Å². The monoisotopic (exact) mass is 137 g/mol. The number of carbonyl (C=O) groups excluding carboxylic acids is 1. The van der Waals surface area contributed by atoms with Gasteiger partial charge in [-0.2, -0.15) is 0 Å². The molecule has 0 N–H and O–H groups in total. The summed E-state index contributed by atoms with van der Waals surface area (Å²) in [4.78, 5) is 12.8. The smallest absolute Gasteiger partial charge is 0.221 e. The zero-order valence-corrected chi connectivity index (χ0v) is 6.50. The van der Waals surface area contributed by atoms with E-state index in [2.05, 4.69) is 13.5 Å². The van der Waals surface area contributed by atoms with Crippen LogP contribution < -0.4 is 0 Å². The molecule has 2 unspecified atom stereocenters. The van der Waals surface area contributed by atoms with E-state index >= 15 is 0 Å². The summed E-state index contributed by atoms with van der Waals surface area (Å²) in [6.07, 6.45) is 2.52. The molecule has 0 aromatic rings. The van der Waals surface area contributed by atoms with Crippen LogP contribution in [0.25, 0.3) is 0 Å². The van der Waals surface area contributed by atoms with E-state index in [9.17, 15) is 4.79 Å². The molecule has 1 fully saturated rings. The van der Waals surface area contributed by atoms with E-state index in [1.807, 2.05) is 14.1 Å². The van der Waals surface area contributed by atoms with Crippen LogP contribution in [-0.2, 0) is 4.79 Å². The van der Waals surface area contributed by atoms with Gasteiger partial charge in [0.05, 0.1) is 0 Å². The first kappa shape index (κ1) is 7.38. The zero-order chi connectivity index (χ0) is 7.72. The SMILES string of the molecule is BN1C(=O)CC(C)C1C=C. The van der Waals surface area contributed by atoms with Gasteiger partial charge in [-0.05, 0) is 5.92 Å². The third kappa shape index (κ3) is 0.960. The Morgan fingerprint density at radius 1 is 1.90 bits per heavy atom. The molecule has 1 saturated heterocycles. The minimum absolute atomic E-state index is 0.234. The molecular weight excluding hydrogens is 125 g/mol.